The third kappa shape index (κ3) is 3.25. The summed E-state index contributed by atoms with van der Waals surface area (Å²) in [4.78, 5) is 0. The second-order valence-corrected chi connectivity index (χ2v) is 5.29. The summed E-state index contributed by atoms with van der Waals surface area (Å²) in [5.41, 5.74) is 11.8. The van der Waals surface area contributed by atoms with Crippen molar-refractivity contribution in [3.63, 3.8) is 0 Å². The molecule has 3 heteroatoms. The van der Waals surface area contributed by atoms with Crippen molar-refractivity contribution >= 4 is 12.4 Å². The molecule has 1 aromatic rings. The van der Waals surface area contributed by atoms with Gasteiger partial charge < -0.3 is 10.5 Å². The molecule has 2 nitrogen and oxygen atoms in total. The van der Waals surface area contributed by atoms with Gasteiger partial charge in [0.2, 0.25) is 0 Å². The summed E-state index contributed by atoms with van der Waals surface area (Å²) in [5, 5.41) is 0. The Kier molecular flexibility index (Phi) is 5.64. The fraction of sp³-hybridized carbons (Fsp3) is 0.600. The summed E-state index contributed by atoms with van der Waals surface area (Å²) in [5.74, 6) is 0.573. The maximum Gasteiger partial charge on any atom is 0.0469 e. The van der Waals surface area contributed by atoms with E-state index in [0.29, 0.717) is 5.92 Å². The van der Waals surface area contributed by atoms with Crippen LogP contribution in [-0.2, 0) is 4.74 Å². The third-order valence-corrected chi connectivity index (χ3v) is 3.85. The number of halogens is 1. The molecule has 1 aliphatic rings. The first-order valence-corrected chi connectivity index (χ1v) is 6.50. The molecule has 0 saturated carbocycles. The van der Waals surface area contributed by atoms with Crippen LogP contribution in [0.15, 0.2) is 12.1 Å². The van der Waals surface area contributed by atoms with E-state index in [0.717, 1.165) is 26.1 Å². The van der Waals surface area contributed by atoms with Gasteiger partial charge in [0.1, 0.15) is 0 Å². The first kappa shape index (κ1) is 15.5. The normalized spacial score (nSPS) is 18.2. The van der Waals surface area contributed by atoms with E-state index in [9.17, 15) is 0 Å². The predicted octanol–water partition coefficient (Wildman–Crippen LogP) is 3.46. The second kappa shape index (κ2) is 6.55. The van der Waals surface area contributed by atoms with Crippen LogP contribution in [0.2, 0.25) is 0 Å². The SMILES string of the molecule is Cc1cc(C)c([C@H](N)C2CCOCC2)c(C)c1.Cl. The lowest BCUT2D eigenvalue weighted by atomic mass is 9.83. The molecule has 0 unspecified atom stereocenters. The van der Waals surface area contributed by atoms with Gasteiger partial charge in [0.15, 0.2) is 0 Å². The summed E-state index contributed by atoms with van der Waals surface area (Å²) in [6.45, 7) is 8.22. The van der Waals surface area contributed by atoms with E-state index in [1.54, 1.807) is 0 Å². The minimum absolute atomic E-state index is 0. The van der Waals surface area contributed by atoms with Crippen molar-refractivity contribution in [1.82, 2.24) is 0 Å². The smallest absolute Gasteiger partial charge is 0.0469 e. The molecule has 102 valence electrons. The number of ether oxygens (including phenoxy) is 1. The van der Waals surface area contributed by atoms with Crippen LogP contribution in [0.1, 0.15) is 41.1 Å². The fourth-order valence-corrected chi connectivity index (χ4v) is 3.03. The number of hydrogen-bond acceptors (Lipinski definition) is 2. The first-order chi connectivity index (χ1) is 8.09. The van der Waals surface area contributed by atoms with Crippen molar-refractivity contribution in [2.45, 2.75) is 39.7 Å². The Balaban J connectivity index is 0.00000162. The van der Waals surface area contributed by atoms with Crippen molar-refractivity contribution in [3.8, 4) is 0 Å². The predicted molar refractivity (Wildman–Crippen MR) is 78.4 cm³/mol. The fourth-order valence-electron chi connectivity index (χ4n) is 3.03. The first-order valence-electron chi connectivity index (χ1n) is 6.50. The molecule has 2 N–H and O–H groups in total. The Morgan fingerprint density at radius 2 is 1.61 bits per heavy atom. The molecule has 1 aromatic carbocycles. The number of hydrogen-bond donors (Lipinski definition) is 1. The van der Waals surface area contributed by atoms with Gasteiger partial charge in [0.05, 0.1) is 0 Å². The van der Waals surface area contributed by atoms with Gasteiger partial charge in [-0.15, -0.1) is 12.4 Å². The van der Waals surface area contributed by atoms with Crippen LogP contribution in [0.25, 0.3) is 0 Å². The molecule has 18 heavy (non-hydrogen) atoms. The summed E-state index contributed by atoms with van der Waals surface area (Å²) < 4.78 is 5.41. The van der Waals surface area contributed by atoms with Crippen molar-refractivity contribution in [1.29, 1.82) is 0 Å². The van der Waals surface area contributed by atoms with E-state index < -0.39 is 0 Å². The molecular weight excluding hydrogens is 246 g/mol. The second-order valence-electron chi connectivity index (χ2n) is 5.29. The van der Waals surface area contributed by atoms with Crippen LogP contribution in [0, 0.1) is 26.7 Å². The highest BCUT2D eigenvalue weighted by molar-refractivity contribution is 5.85. The maximum absolute atomic E-state index is 6.47. The molecule has 0 aromatic heterocycles. The summed E-state index contributed by atoms with van der Waals surface area (Å²) >= 11 is 0. The van der Waals surface area contributed by atoms with Gasteiger partial charge in [-0.05, 0) is 56.2 Å². The molecular formula is C15H24ClNO. The zero-order chi connectivity index (χ0) is 12.4. The Bertz CT molecular complexity index is 376. The zero-order valence-corrected chi connectivity index (χ0v) is 12.3. The van der Waals surface area contributed by atoms with E-state index in [2.05, 4.69) is 32.9 Å². The van der Waals surface area contributed by atoms with E-state index in [1.807, 2.05) is 0 Å². The molecule has 1 fully saturated rings. The summed E-state index contributed by atoms with van der Waals surface area (Å²) in [7, 11) is 0. The van der Waals surface area contributed by atoms with Crippen molar-refractivity contribution in [2.24, 2.45) is 11.7 Å². The van der Waals surface area contributed by atoms with E-state index in [1.165, 1.54) is 22.3 Å². The lowest BCUT2D eigenvalue weighted by Crippen LogP contribution is -2.28. The molecule has 1 atom stereocenters. The van der Waals surface area contributed by atoms with Gasteiger partial charge in [-0.25, -0.2) is 0 Å². The Morgan fingerprint density at radius 3 is 2.11 bits per heavy atom. The summed E-state index contributed by atoms with van der Waals surface area (Å²) in [6, 6.07) is 4.64. The molecule has 0 aliphatic carbocycles. The molecule has 0 spiro atoms. The number of benzene rings is 1. The summed E-state index contributed by atoms with van der Waals surface area (Å²) in [6.07, 6.45) is 2.18. The topological polar surface area (TPSA) is 35.2 Å². The van der Waals surface area contributed by atoms with Crippen molar-refractivity contribution in [3.05, 3.63) is 34.4 Å². The standard InChI is InChI=1S/C15H23NO.ClH/c1-10-8-11(2)14(12(3)9-10)15(16)13-4-6-17-7-5-13;/h8-9,13,15H,4-7,16H2,1-3H3;1H/t15-;/m1./s1. The molecule has 1 heterocycles. The quantitative estimate of drug-likeness (QED) is 0.892. The molecule has 0 amide bonds. The van der Waals surface area contributed by atoms with Crippen molar-refractivity contribution in [2.75, 3.05) is 13.2 Å². The van der Waals surface area contributed by atoms with Gasteiger partial charge >= 0.3 is 0 Å². The van der Waals surface area contributed by atoms with Crippen LogP contribution < -0.4 is 5.73 Å². The lowest BCUT2D eigenvalue weighted by molar-refractivity contribution is 0.0582. The van der Waals surface area contributed by atoms with Crippen LogP contribution in [0.3, 0.4) is 0 Å². The molecule has 0 bridgehead atoms. The molecule has 2 rings (SSSR count). The molecule has 1 aliphatic heterocycles. The van der Waals surface area contributed by atoms with Gasteiger partial charge in [-0.2, -0.15) is 0 Å². The Hall–Kier alpha value is -0.570. The minimum atomic E-state index is 0. The molecule has 1 saturated heterocycles. The van der Waals surface area contributed by atoms with Crippen LogP contribution in [0.4, 0.5) is 0 Å². The van der Waals surface area contributed by atoms with Crippen molar-refractivity contribution < 1.29 is 4.74 Å². The third-order valence-electron chi connectivity index (χ3n) is 3.85. The van der Waals surface area contributed by atoms with Gasteiger partial charge in [0, 0.05) is 19.3 Å². The Morgan fingerprint density at radius 1 is 1.11 bits per heavy atom. The number of rotatable bonds is 2. The highest BCUT2D eigenvalue weighted by Gasteiger charge is 2.24. The maximum atomic E-state index is 6.47. The largest absolute Gasteiger partial charge is 0.381 e. The average molecular weight is 270 g/mol. The van der Waals surface area contributed by atoms with Crippen LogP contribution >= 0.6 is 12.4 Å². The van der Waals surface area contributed by atoms with Gasteiger partial charge in [-0.1, -0.05) is 17.7 Å². The minimum Gasteiger partial charge on any atom is -0.381 e. The van der Waals surface area contributed by atoms with E-state index in [-0.39, 0.29) is 18.4 Å². The lowest BCUT2D eigenvalue weighted by Gasteiger charge is -2.30. The van der Waals surface area contributed by atoms with E-state index in [4.69, 9.17) is 10.5 Å². The zero-order valence-electron chi connectivity index (χ0n) is 11.5. The highest BCUT2D eigenvalue weighted by atomic mass is 35.5. The van der Waals surface area contributed by atoms with Gasteiger partial charge in [0.25, 0.3) is 0 Å². The average Bonchev–Trinajstić information content (AvgIpc) is 2.28. The number of aryl methyl sites for hydroxylation is 3. The Labute approximate surface area is 116 Å². The van der Waals surface area contributed by atoms with Crippen LogP contribution in [-0.4, -0.2) is 13.2 Å². The van der Waals surface area contributed by atoms with Crippen LogP contribution in [0.5, 0.6) is 0 Å². The highest BCUT2D eigenvalue weighted by Crippen LogP contribution is 2.32. The monoisotopic (exact) mass is 269 g/mol. The number of nitrogens with two attached hydrogens (primary N) is 1. The van der Waals surface area contributed by atoms with E-state index >= 15 is 0 Å². The molecule has 0 radical (unpaired) electrons. The van der Waals surface area contributed by atoms with Gasteiger partial charge in [-0.3, -0.25) is 0 Å².